The van der Waals surface area contributed by atoms with Gasteiger partial charge in [-0.3, -0.25) is 0 Å². The van der Waals surface area contributed by atoms with E-state index in [1.165, 1.54) is 12.1 Å². The minimum absolute atomic E-state index is 0.254. The summed E-state index contributed by atoms with van der Waals surface area (Å²) < 4.78 is 18.4. The Balaban J connectivity index is 2.05. The van der Waals surface area contributed by atoms with Crippen molar-refractivity contribution in [2.45, 2.75) is 6.54 Å². The van der Waals surface area contributed by atoms with Crippen LogP contribution in [0.1, 0.15) is 5.56 Å². The Hall–Kier alpha value is -1.29. The van der Waals surface area contributed by atoms with Gasteiger partial charge in [-0.2, -0.15) is 0 Å². The molecule has 0 amide bonds. The number of halogens is 2. The third kappa shape index (κ3) is 2.59. The average molecular weight is 270 g/mol. The zero-order valence-corrected chi connectivity index (χ0v) is 9.42. The molecule has 2 nitrogen and oxygen atoms in total. The van der Waals surface area contributed by atoms with Gasteiger partial charge in [0.15, 0.2) is 0 Å². The van der Waals surface area contributed by atoms with E-state index in [0.29, 0.717) is 11.0 Å². The number of nitrogens with one attached hydrogen (secondary N) is 1. The highest BCUT2D eigenvalue weighted by Gasteiger charge is 2.01. The first kappa shape index (κ1) is 10.2. The molecule has 0 spiro atoms. The van der Waals surface area contributed by atoms with Crippen molar-refractivity contribution >= 4 is 21.6 Å². The highest BCUT2D eigenvalue weighted by molar-refractivity contribution is 9.10. The van der Waals surface area contributed by atoms with E-state index in [1.807, 2.05) is 6.07 Å². The van der Waals surface area contributed by atoms with Crippen molar-refractivity contribution in [3.8, 4) is 0 Å². The van der Waals surface area contributed by atoms with Crippen molar-refractivity contribution in [2.24, 2.45) is 0 Å². The fraction of sp³-hybridized carbons (Fsp3) is 0.0909. The van der Waals surface area contributed by atoms with E-state index in [4.69, 9.17) is 4.42 Å². The Morgan fingerprint density at radius 3 is 2.87 bits per heavy atom. The topological polar surface area (TPSA) is 25.2 Å². The molecule has 0 radical (unpaired) electrons. The van der Waals surface area contributed by atoms with Crippen molar-refractivity contribution in [1.82, 2.24) is 0 Å². The summed E-state index contributed by atoms with van der Waals surface area (Å²) >= 11 is 3.29. The summed E-state index contributed by atoms with van der Waals surface area (Å²) in [6.45, 7) is 0.654. The van der Waals surface area contributed by atoms with Gasteiger partial charge in [0.25, 0.3) is 0 Å². The number of benzene rings is 1. The third-order valence-electron chi connectivity index (χ3n) is 1.99. The maximum absolute atomic E-state index is 12.8. The molecule has 1 heterocycles. The van der Waals surface area contributed by atoms with Gasteiger partial charge in [-0.05, 0) is 40.2 Å². The van der Waals surface area contributed by atoms with Crippen molar-refractivity contribution < 1.29 is 8.81 Å². The minimum Gasteiger partial charge on any atom is -0.472 e. The van der Waals surface area contributed by atoms with Crippen LogP contribution in [0.25, 0.3) is 0 Å². The number of furan rings is 1. The largest absolute Gasteiger partial charge is 0.472 e. The Morgan fingerprint density at radius 2 is 2.20 bits per heavy atom. The standard InChI is InChI=1S/C11H9BrFNO/c12-10-5-9(13)1-2-11(10)14-6-8-3-4-15-7-8/h1-5,7,14H,6H2. The van der Waals surface area contributed by atoms with Gasteiger partial charge in [-0.25, -0.2) is 4.39 Å². The summed E-state index contributed by atoms with van der Waals surface area (Å²) in [6.07, 6.45) is 3.29. The molecule has 0 unspecified atom stereocenters. The van der Waals surface area contributed by atoms with Crippen LogP contribution >= 0.6 is 15.9 Å². The van der Waals surface area contributed by atoms with Gasteiger partial charge in [0, 0.05) is 22.3 Å². The SMILES string of the molecule is Fc1ccc(NCc2ccoc2)c(Br)c1. The molecule has 0 aliphatic carbocycles. The van der Waals surface area contributed by atoms with Crippen LogP contribution in [0.2, 0.25) is 0 Å². The summed E-state index contributed by atoms with van der Waals surface area (Å²) in [5.74, 6) is -0.254. The molecule has 0 atom stereocenters. The molecule has 0 aliphatic heterocycles. The second kappa shape index (κ2) is 4.49. The number of rotatable bonds is 3. The van der Waals surface area contributed by atoms with Gasteiger partial charge in [-0.1, -0.05) is 0 Å². The molecule has 15 heavy (non-hydrogen) atoms. The van der Waals surface area contributed by atoms with Crippen LogP contribution in [0.5, 0.6) is 0 Å². The molecule has 0 saturated heterocycles. The second-order valence-electron chi connectivity index (χ2n) is 3.11. The van der Waals surface area contributed by atoms with Crippen LogP contribution in [0, 0.1) is 5.82 Å². The second-order valence-corrected chi connectivity index (χ2v) is 3.96. The van der Waals surface area contributed by atoms with Crippen molar-refractivity contribution in [1.29, 1.82) is 0 Å². The summed E-state index contributed by atoms with van der Waals surface area (Å²) in [6, 6.07) is 6.42. The first-order valence-corrected chi connectivity index (χ1v) is 5.25. The van der Waals surface area contributed by atoms with Crippen LogP contribution in [0.4, 0.5) is 10.1 Å². The molecule has 0 aliphatic rings. The monoisotopic (exact) mass is 269 g/mol. The van der Waals surface area contributed by atoms with Gasteiger partial charge in [-0.15, -0.1) is 0 Å². The lowest BCUT2D eigenvalue weighted by atomic mass is 10.3. The highest BCUT2D eigenvalue weighted by Crippen LogP contribution is 2.23. The molecule has 0 saturated carbocycles. The summed E-state index contributed by atoms with van der Waals surface area (Å²) in [5.41, 5.74) is 1.91. The normalized spacial score (nSPS) is 10.3. The van der Waals surface area contributed by atoms with Gasteiger partial charge >= 0.3 is 0 Å². The van der Waals surface area contributed by atoms with Gasteiger partial charge in [0.2, 0.25) is 0 Å². The molecule has 1 aromatic heterocycles. The molecular weight excluding hydrogens is 261 g/mol. The molecule has 1 N–H and O–H groups in total. The fourth-order valence-corrected chi connectivity index (χ4v) is 1.71. The third-order valence-corrected chi connectivity index (χ3v) is 2.65. The van der Waals surface area contributed by atoms with Crippen molar-refractivity contribution in [3.63, 3.8) is 0 Å². The first-order chi connectivity index (χ1) is 7.25. The fourth-order valence-electron chi connectivity index (χ4n) is 1.22. The van der Waals surface area contributed by atoms with Crippen LogP contribution in [0.15, 0.2) is 45.7 Å². The van der Waals surface area contributed by atoms with E-state index in [2.05, 4.69) is 21.2 Å². The number of hydrogen-bond acceptors (Lipinski definition) is 2. The molecule has 2 rings (SSSR count). The Morgan fingerprint density at radius 1 is 1.33 bits per heavy atom. The zero-order valence-electron chi connectivity index (χ0n) is 7.84. The minimum atomic E-state index is -0.254. The quantitative estimate of drug-likeness (QED) is 0.917. The predicted molar refractivity (Wildman–Crippen MR) is 60.1 cm³/mol. The van der Waals surface area contributed by atoms with E-state index in [9.17, 15) is 4.39 Å². The Bertz CT molecular complexity index is 442. The summed E-state index contributed by atoms with van der Waals surface area (Å²) in [4.78, 5) is 0. The van der Waals surface area contributed by atoms with Crippen LogP contribution in [-0.2, 0) is 6.54 Å². The number of hydrogen-bond donors (Lipinski definition) is 1. The predicted octanol–water partition coefficient (Wildman–Crippen LogP) is 3.79. The van der Waals surface area contributed by atoms with Crippen molar-refractivity contribution in [2.75, 3.05) is 5.32 Å². The molecule has 2 aromatic rings. The molecule has 0 bridgehead atoms. The van der Waals surface area contributed by atoms with Gasteiger partial charge in [0.1, 0.15) is 5.82 Å². The molecule has 78 valence electrons. The molecular formula is C11H9BrFNO. The van der Waals surface area contributed by atoms with Gasteiger partial charge < -0.3 is 9.73 Å². The summed E-state index contributed by atoms with van der Waals surface area (Å²) in [5, 5.41) is 3.17. The van der Waals surface area contributed by atoms with E-state index in [1.54, 1.807) is 18.6 Å². The van der Waals surface area contributed by atoms with Crippen LogP contribution in [-0.4, -0.2) is 0 Å². The van der Waals surface area contributed by atoms with Crippen LogP contribution < -0.4 is 5.32 Å². The maximum Gasteiger partial charge on any atom is 0.124 e. The lowest BCUT2D eigenvalue weighted by molar-refractivity contribution is 0.564. The molecule has 4 heteroatoms. The smallest absolute Gasteiger partial charge is 0.124 e. The average Bonchev–Trinajstić information content (AvgIpc) is 2.69. The van der Waals surface area contributed by atoms with Gasteiger partial charge in [0.05, 0.1) is 12.5 Å². The zero-order chi connectivity index (χ0) is 10.7. The lowest BCUT2D eigenvalue weighted by Gasteiger charge is -2.06. The lowest BCUT2D eigenvalue weighted by Crippen LogP contribution is -1.98. The Labute approximate surface area is 95.2 Å². The van der Waals surface area contributed by atoms with E-state index >= 15 is 0 Å². The molecule has 0 fully saturated rings. The van der Waals surface area contributed by atoms with Crippen molar-refractivity contribution in [3.05, 3.63) is 52.6 Å². The van der Waals surface area contributed by atoms with Crippen LogP contribution in [0.3, 0.4) is 0 Å². The highest BCUT2D eigenvalue weighted by atomic mass is 79.9. The summed E-state index contributed by atoms with van der Waals surface area (Å²) in [7, 11) is 0. The first-order valence-electron chi connectivity index (χ1n) is 4.46. The maximum atomic E-state index is 12.8. The van der Waals surface area contributed by atoms with E-state index < -0.39 is 0 Å². The van der Waals surface area contributed by atoms with E-state index in [-0.39, 0.29) is 5.82 Å². The number of anilines is 1. The molecule has 1 aromatic carbocycles. The van der Waals surface area contributed by atoms with E-state index in [0.717, 1.165) is 11.3 Å². The Kier molecular flexibility index (Phi) is 3.06.